The first-order valence-electron chi connectivity index (χ1n) is 12.8. The van der Waals surface area contributed by atoms with Crippen LogP contribution in [0.5, 0.6) is 0 Å². The van der Waals surface area contributed by atoms with Crippen molar-refractivity contribution in [1.29, 1.82) is 0 Å². The molecule has 0 aromatic carbocycles. The van der Waals surface area contributed by atoms with Gasteiger partial charge in [0.1, 0.15) is 17.8 Å². The Kier molecular flexibility index (Phi) is 13.8. The zero-order chi connectivity index (χ0) is 26.1. The average Bonchev–Trinajstić information content (AvgIpc) is 2.93. The highest BCUT2D eigenvalue weighted by molar-refractivity contribution is 5.37. The molecule has 2 aromatic heterocycles. The van der Waals surface area contributed by atoms with Crippen molar-refractivity contribution in [2.45, 2.75) is 57.8 Å². The fourth-order valence-electron chi connectivity index (χ4n) is 4.69. The minimum atomic E-state index is -4.42. The molecule has 2 saturated heterocycles. The topological polar surface area (TPSA) is 128 Å². The molecule has 0 aliphatic carbocycles. The number of rotatable bonds is 6. The van der Waals surface area contributed by atoms with Crippen molar-refractivity contribution in [1.82, 2.24) is 29.7 Å². The number of anilines is 2. The van der Waals surface area contributed by atoms with Crippen LogP contribution in [0, 0.1) is 0 Å². The van der Waals surface area contributed by atoms with Crippen LogP contribution in [0.1, 0.15) is 45.2 Å². The quantitative estimate of drug-likeness (QED) is 0.541. The lowest BCUT2D eigenvalue weighted by Crippen LogP contribution is -2.44. The second-order valence-electron chi connectivity index (χ2n) is 9.39. The Morgan fingerprint density at radius 2 is 1.34 bits per heavy atom. The third kappa shape index (κ3) is 9.29. The summed E-state index contributed by atoms with van der Waals surface area (Å²) in [6.07, 6.45) is 4.50. The van der Waals surface area contributed by atoms with E-state index < -0.39 is 11.9 Å². The van der Waals surface area contributed by atoms with E-state index in [1.807, 2.05) is 17.2 Å². The zero-order valence-corrected chi connectivity index (χ0v) is 22.8. The summed E-state index contributed by atoms with van der Waals surface area (Å²) in [6, 6.07) is 4.12. The average molecular weight is 545 g/mol. The predicted molar refractivity (Wildman–Crippen MR) is 143 cm³/mol. The van der Waals surface area contributed by atoms with Crippen LogP contribution in [0.2, 0.25) is 0 Å². The van der Waals surface area contributed by atoms with Crippen molar-refractivity contribution >= 4 is 11.8 Å². The van der Waals surface area contributed by atoms with Gasteiger partial charge in [-0.2, -0.15) is 13.2 Å². The van der Waals surface area contributed by atoms with Gasteiger partial charge in [0.25, 0.3) is 0 Å². The molecule has 0 unspecified atom stereocenters. The first kappa shape index (κ1) is 33.4. The van der Waals surface area contributed by atoms with Gasteiger partial charge in [-0.25, -0.2) is 19.9 Å². The SMILES string of the molecule is CCN(C)C1CCN(c2ccncn2)CC1.CCN(C)C1CCN(c2nccc(C(F)(F)F)n2)CC1.O.O. The van der Waals surface area contributed by atoms with Gasteiger partial charge in [-0.3, -0.25) is 0 Å². The molecule has 4 rings (SSSR count). The van der Waals surface area contributed by atoms with E-state index in [2.05, 4.69) is 62.6 Å². The fraction of sp³-hybridized carbons (Fsp3) is 0.680. The van der Waals surface area contributed by atoms with Crippen molar-refractivity contribution in [3.8, 4) is 0 Å². The predicted octanol–water partition coefficient (Wildman–Crippen LogP) is 2.16. The number of hydrogen-bond donors (Lipinski definition) is 0. The van der Waals surface area contributed by atoms with E-state index in [1.54, 1.807) is 6.33 Å². The number of piperidine rings is 2. The molecule has 2 aliphatic heterocycles. The summed E-state index contributed by atoms with van der Waals surface area (Å²) < 4.78 is 37.9. The van der Waals surface area contributed by atoms with E-state index in [9.17, 15) is 13.2 Å². The van der Waals surface area contributed by atoms with E-state index in [0.717, 1.165) is 56.9 Å². The van der Waals surface area contributed by atoms with Gasteiger partial charge < -0.3 is 30.6 Å². The Morgan fingerprint density at radius 3 is 1.79 bits per heavy atom. The van der Waals surface area contributed by atoms with Crippen molar-refractivity contribution in [3.63, 3.8) is 0 Å². The van der Waals surface area contributed by atoms with Crippen molar-refractivity contribution in [3.05, 3.63) is 36.5 Å². The molecular weight excluding hydrogens is 501 g/mol. The Labute approximate surface area is 223 Å². The Morgan fingerprint density at radius 1 is 0.816 bits per heavy atom. The molecule has 0 amide bonds. The lowest BCUT2D eigenvalue weighted by atomic mass is 10.0. The minimum absolute atomic E-state index is 0. The Hall–Kier alpha value is -2.61. The summed E-state index contributed by atoms with van der Waals surface area (Å²) in [6.45, 7) is 10.0. The van der Waals surface area contributed by atoms with Crippen molar-refractivity contribution < 1.29 is 24.1 Å². The van der Waals surface area contributed by atoms with Gasteiger partial charge in [0.2, 0.25) is 5.95 Å². The molecule has 4 N–H and O–H groups in total. The second kappa shape index (κ2) is 15.7. The first-order valence-corrected chi connectivity index (χ1v) is 12.8. The Balaban J connectivity index is 0.000000368. The molecule has 2 aromatic rings. The summed E-state index contributed by atoms with van der Waals surface area (Å²) in [5, 5.41) is 0. The van der Waals surface area contributed by atoms with Crippen LogP contribution in [0.4, 0.5) is 24.9 Å². The number of halogens is 3. The smallest absolute Gasteiger partial charge is 0.412 e. The van der Waals surface area contributed by atoms with E-state index in [4.69, 9.17) is 0 Å². The fourth-order valence-corrected chi connectivity index (χ4v) is 4.69. The highest BCUT2D eigenvalue weighted by atomic mass is 19.4. The number of nitrogens with zero attached hydrogens (tertiary/aromatic N) is 8. The van der Waals surface area contributed by atoms with E-state index in [1.165, 1.54) is 19.0 Å². The third-order valence-electron chi connectivity index (χ3n) is 7.28. The summed E-state index contributed by atoms with van der Waals surface area (Å²) in [7, 11) is 4.28. The molecule has 0 atom stereocenters. The largest absolute Gasteiger partial charge is 0.433 e. The van der Waals surface area contributed by atoms with Crippen LogP contribution < -0.4 is 9.80 Å². The molecule has 2 fully saturated rings. The van der Waals surface area contributed by atoms with Crippen LogP contribution in [0.15, 0.2) is 30.9 Å². The molecule has 2 aliphatic rings. The van der Waals surface area contributed by atoms with Crippen LogP contribution in [-0.4, -0.2) is 106 Å². The standard InChI is InChI=1S/C13H19F3N4.C12H20N4.2H2O/c1-3-19(2)10-5-8-20(9-6-10)12-17-7-4-11(18-12)13(14,15)16;1-3-15(2)11-5-8-16(9-6-11)12-4-7-13-10-14-12;;/h4,7,10H,3,5-6,8-9H2,1-2H3;4,7,10-11H,3,5-6,8-9H2,1-2H3;2*1H2. The van der Waals surface area contributed by atoms with E-state index in [-0.39, 0.29) is 16.9 Å². The van der Waals surface area contributed by atoms with Gasteiger partial charge >= 0.3 is 6.18 Å². The molecule has 13 heteroatoms. The van der Waals surface area contributed by atoms with Gasteiger partial charge in [-0.05, 0) is 65.0 Å². The van der Waals surface area contributed by atoms with Gasteiger partial charge in [-0.15, -0.1) is 0 Å². The highest BCUT2D eigenvalue weighted by Crippen LogP contribution is 2.29. The lowest BCUT2D eigenvalue weighted by Gasteiger charge is -2.36. The molecule has 10 nitrogen and oxygen atoms in total. The maximum absolute atomic E-state index is 12.6. The molecule has 4 heterocycles. The van der Waals surface area contributed by atoms with Gasteiger partial charge in [-0.1, -0.05) is 13.8 Å². The maximum Gasteiger partial charge on any atom is 0.433 e. The van der Waals surface area contributed by atoms with Crippen LogP contribution in [-0.2, 0) is 6.18 Å². The highest BCUT2D eigenvalue weighted by Gasteiger charge is 2.33. The number of alkyl halides is 3. The second-order valence-corrected chi connectivity index (χ2v) is 9.39. The molecule has 0 saturated carbocycles. The Bertz CT molecular complexity index is 909. The summed E-state index contributed by atoms with van der Waals surface area (Å²) >= 11 is 0. The number of hydrogen-bond acceptors (Lipinski definition) is 8. The van der Waals surface area contributed by atoms with E-state index in [0.29, 0.717) is 19.1 Å². The van der Waals surface area contributed by atoms with Crippen LogP contribution in [0.25, 0.3) is 0 Å². The molecule has 0 bridgehead atoms. The normalized spacial score (nSPS) is 17.0. The first-order chi connectivity index (χ1) is 17.2. The van der Waals surface area contributed by atoms with E-state index >= 15 is 0 Å². The maximum atomic E-state index is 12.6. The van der Waals surface area contributed by atoms with Crippen molar-refractivity contribution in [2.24, 2.45) is 0 Å². The summed E-state index contributed by atoms with van der Waals surface area (Å²) in [4.78, 5) is 24.7. The minimum Gasteiger partial charge on any atom is -0.412 e. The molecule has 38 heavy (non-hydrogen) atoms. The van der Waals surface area contributed by atoms with Gasteiger partial charge in [0.05, 0.1) is 0 Å². The zero-order valence-electron chi connectivity index (χ0n) is 22.8. The number of aromatic nitrogens is 4. The van der Waals surface area contributed by atoms with Crippen LogP contribution >= 0.6 is 0 Å². The molecular formula is C25H43F3N8O2. The van der Waals surface area contributed by atoms with Crippen LogP contribution in [0.3, 0.4) is 0 Å². The summed E-state index contributed by atoms with van der Waals surface area (Å²) in [5.41, 5.74) is -0.879. The molecule has 0 radical (unpaired) electrons. The summed E-state index contributed by atoms with van der Waals surface area (Å²) in [5.74, 6) is 1.24. The molecule has 0 spiro atoms. The van der Waals surface area contributed by atoms with Crippen molar-refractivity contribution in [2.75, 3.05) is 63.2 Å². The monoisotopic (exact) mass is 544 g/mol. The molecule has 216 valence electrons. The lowest BCUT2D eigenvalue weighted by molar-refractivity contribution is -0.141. The van der Waals surface area contributed by atoms with Gasteiger partial charge in [0.15, 0.2) is 0 Å². The third-order valence-corrected chi connectivity index (χ3v) is 7.28. The van der Waals surface area contributed by atoms with Gasteiger partial charge in [0, 0.05) is 50.7 Å².